The van der Waals surface area contributed by atoms with E-state index >= 15 is 0 Å². The molecule has 10 heteroatoms. The summed E-state index contributed by atoms with van der Waals surface area (Å²) in [6.07, 6.45) is 0.975. The number of amides is 2. The number of carbonyl (C=O) groups is 2. The van der Waals surface area contributed by atoms with E-state index in [1.54, 1.807) is 37.3 Å². The number of benzene rings is 3. The van der Waals surface area contributed by atoms with Crippen LogP contribution >= 0.6 is 11.6 Å². The Labute approximate surface area is 255 Å². The Morgan fingerprint density at radius 1 is 0.929 bits per heavy atom. The summed E-state index contributed by atoms with van der Waals surface area (Å²) in [6.45, 7) is 7.16. The molecule has 0 saturated heterocycles. The molecule has 0 aliphatic rings. The van der Waals surface area contributed by atoms with Crippen molar-refractivity contribution in [2.75, 3.05) is 24.9 Å². The Morgan fingerprint density at radius 2 is 1.57 bits per heavy atom. The second kappa shape index (κ2) is 14.7. The number of nitrogens with one attached hydrogen (secondary N) is 1. The summed E-state index contributed by atoms with van der Waals surface area (Å²) in [4.78, 5) is 29.6. The van der Waals surface area contributed by atoms with Gasteiger partial charge in [-0.15, -0.1) is 0 Å². The van der Waals surface area contributed by atoms with Crippen molar-refractivity contribution < 1.29 is 18.0 Å². The van der Waals surface area contributed by atoms with Crippen molar-refractivity contribution in [2.24, 2.45) is 0 Å². The van der Waals surface area contributed by atoms with E-state index in [0.717, 1.165) is 31.7 Å². The third-order valence-electron chi connectivity index (χ3n) is 7.19. The van der Waals surface area contributed by atoms with Crippen molar-refractivity contribution in [1.82, 2.24) is 14.5 Å². The molecule has 0 unspecified atom stereocenters. The average molecular weight is 613 g/mol. The number of carbonyl (C=O) groups excluding carboxylic acids is 2. The molecule has 0 saturated carbocycles. The Bertz CT molecular complexity index is 1460. The molecule has 2 atom stereocenters. The van der Waals surface area contributed by atoms with Crippen molar-refractivity contribution in [3.8, 4) is 0 Å². The van der Waals surface area contributed by atoms with Gasteiger partial charge >= 0.3 is 10.2 Å². The highest BCUT2D eigenvalue weighted by Gasteiger charge is 2.35. The minimum absolute atomic E-state index is 0.0874. The molecular formula is C32H41ClN4O4S. The summed E-state index contributed by atoms with van der Waals surface area (Å²) in [6, 6.07) is 21.0. The zero-order valence-corrected chi connectivity index (χ0v) is 26.7. The van der Waals surface area contributed by atoms with Crippen LogP contribution in [0.3, 0.4) is 0 Å². The second-order valence-corrected chi connectivity index (χ2v) is 13.3. The molecule has 0 bridgehead atoms. The van der Waals surface area contributed by atoms with E-state index in [1.165, 1.54) is 19.0 Å². The summed E-state index contributed by atoms with van der Waals surface area (Å²) in [5.41, 5.74) is 3.61. The SMILES string of the molecule is CC[C@H](C)NC(=O)[C@H](Cc1ccccc1)N(Cc1ccc(Cl)cc1)C(=O)CN(c1cc(C)ccc1C)S(=O)(=O)N(C)C. The van der Waals surface area contributed by atoms with Gasteiger partial charge in [-0.25, -0.2) is 4.31 Å². The first kappa shape index (κ1) is 33.1. The van der Waals surface area contributed by atoms with Gasteiger partial charge in [0.15, 0.2) is 0 Å². The molecule has 3 aromatic carbocycles. The minimum Gasteiger partial charge on any atom is -0.352 e. The third kappa shape index (κ3) is 8.56. The van der Waals surface area contributed by atoms with E-state index in [0.29, 0.717) is 16.3 Å². The first-order valence-corrected chi connectivity index (χ1v) is 15.8. The predicted octanol–water partition coefficient (Wildman–Crippen LogP) is 5.12. The van der Waals surface area contributed by atoms with Crippen LogP contribution < -0.4 is 9.62 Å². The molecule has 3 aromatic rings. The van der Waals surface area contributed by atoms with Gasteiger partial charge in [-0.05, 0) is 67.6 Å². The van der Waals surface area contributed by atoms with E-state index in [-0.39, 0.29) is 24.9 Å². The van der Waals surface area contributed by atoms with Gasteiger partial charge in [-0.1, -0.05) is 73.1 Å². The summed E-state index contributed by atoms with van der Waals surface area (Å²) in [7, 11) is -1.20. The number of nitrogens with zero attached hydrogens (tertiary/aromatic N) is 3. The number of hydrogen-bond donors (Lipinski definition) is 1. The highest BCUT2D eigenvalue weighted by atomic mass is 35.5. The molecule has 0 radical (unpaired) electrons. The van der Waals surface area contributed by atoms with Crippen LogP contribution in [0.25, 0.3) is 0 Å². The van der Waals surface area contributed by atoms with Crippen LogP contribution in [0, 0.1) is 13.8 Å². The maximum absolute atomic E-state index is 14.4. The summed E-state index contributed by atoms with van der Waals surface area (Å²) < 4.78 is 29.4. The van der Waals surface area contributed by atoms with Crippen LogP contribution in [0.2, 0.25) is 5.02 Å². The fraction of sp³-hybridized carbons (Fsp3) is 0.375. The smallest absolute Gasteiger partial charge is 0.304 e. The van der Waals surface area contributed by atoms with Gasteiger partial charge in [0.1, 0.15) is 12.6 Å². The average Bonchev–Trinajstić information content (AvgIpc) is 2.96. The van der Waals surface area contributed by atoms with Crippen LogP contribution in [0.15, 0.2) is 72.8 Å². The second-order valence-electron chi connectivity index (χ2n) is 10.8. The lowest BCUT2D eigenvalue weighted by Crippen LogP contribution is -2.55. The van der Waals surface area contributed by atoms with Crippen molar-refractivity contribution in [2.45, 2.75) is 59.2 Å². The van der Waals surface area contributed by atoms with E-state index in [4.69, 9.17) is 11.6 Å². The van der Waals surface area contributed by atoms with Crippen LogP contribution in [0.5, 0.6) is 0 Å². The Balaban J connectivity index is 2.13. The molecule has 1 N–H and O–H groups in total. The predicted molar refractivity (Wildman–Crippen MR) is 170 cm³/mol. The Hall–Kier alpha value is -3.40. The van der Waals surface area contributed by atoms with Crippen molar-refractivity contribution >= 4 is 39.3 Å². The molecule has 2 amide bonds. The maximum atomic E-state index is 14.4. The highest BCUT2D eigenvalue weighted by molar-refractivity contribution is 7.90. The van der Waals surface area contributed by atoms with Crippen LogP contribution in [-0.4, -0.2) is 62.2 Å². The molecule has 0 aliphatic carbocycles. The highest BCUT2D eigenvalue weighted by Crippen LogP contribution is 2.26. The first-order valence-electron chi connectivity index (χ1n) is 14.0. The van der Waals surface area contributed by atoms with Crippen LogP contribution in [0.4, 0.5) is 5.69 Å². The lowest BCUT2D eigenvalue weighted by atomic mass is 10.0. The van der Waals surface area contributed by atoms with Crippen molar-refractivity contribution in [3.05, 3.63) is 100 Å². The molecule has 8 nitrogen and oxygen atoms in total. The van der Waals surface area contributed by atoms with E-state index in [9.17, 15) is 18.0 Å². The van der Waals surface area contributed by atoms with Crippen LogP contribution in [0.1, 0.15) is 42.5 Å². The third-order valence-corrected chi connectivity index (χ3v) is 9.25. The fourth-order valence-electron chi connectivity index (χ4n) is 4.47. The fourth-order valence-corrected chi connectivity index (χ4v) is 5.71. The number of halogens is 1. The van der Waals surface area contributed by atoms with Gasteiger partial charge in [-0.3, -0.25) is 9.59 Å². The van der Waals surface area contributed by atoms with Gasteiger partial charge in [0.05, 0.1) is 5.69 Å². The lowest BCUT2D eigenvalue weighted by Gasteiger charge is -2.35. The van der Waals surface area contributed by atoms with Crippen LogP contribution in [-0.2, 0) is 32.8 Å². The van der Waals surface area contributed by atoms with Gasteiger partial charge in [-0.2, -0.15) is 12.7 Å². The normalized spacial score (nSPS) is 13.0. The molecular weight excluding hydrogens is 572 g/mol. The molecule has 42 heavy (non-hydrogen) atoms. The quantitative estimate of drug-likeness (QED) is 0.290. The number of aryl methyl sites for hydroxylation is 2. The van der Waals surface area contributed by atoms with E-state index < -0.39 is 28.7 Å². The molecule has 0 spiro atoms. The topological polar surface area (TPSA) is 90.0 Å². The van der Waals surface area contributed by atoms with Gasteiger partial charge in [0.2, 0.25) is 11.8 Å². The number of hydrogen-bond acceptors (Lipinski definition) is 4. The molecule has 0 aliphatic heterocycles. The molecule has 0 aromatic heterocycles. The number of anilines is 1. The van der Waals surface area contributed by atoms with Crippen molar-refractivity contribution in [3.63, 3.8) is 0 Å². The molecule has 3 rings (SSSR count). The maximum Gasteiger partial charge on any atom is 0.304 e. The number of rotatable bonds is 13. The Kier molecular flexibility index (Phi) is 11.6. The minimum atomic E-state index is -4.06. The summed E-state index contributed by atoms with van der Waals surface area (Å²) in [5.74, 6) is -0.805. The van der Waals surface area contributed by atoms with Gasteiger partial charge < -0.3 is 10.2 Å². The first-order chi connectivity index (χ1) is 19.8. The summed E-state index contributed by atoms with van der Waals surface area (Å²) in [5, 5.41) is 3.58. The van der Waals surface area contributed by atoms with Gasteiger partial charge in [0, 0.05) is 38.1 Å². The largest absolute Gasteiger partial charge is 0.352 e. The zero-order valence-electron chi connectivity index (χ0n) is 25.2. The zero-order chi connectivity index (χ0) is 31.0. The van der Waals surface area contributed by atoms with Crippen molar-refractivity contribution in [1.29, 1.82) is 0 Å². The van der Waals surface area contributed by atoms with E-state index in [1.807, 2.05) is 63.2 Å². The monoisotopic (exact) mass is 612 g/mol. The Morgan fingerprint density at radius 3 is 2.17 bits per heavy atom. The van der Waals surface area contributed by atoms with Gasteiger partial charge in [0.25, 0.3) is 0 Å². The molecule has 0 fully saturated rings. The summed E-state index contributed by atoms with van der Waals surface area (Å²) >= 11 is 6.13. The molecule has 0 heterocycles. The lowest BCUT2D eigenvalue weighted by molar-refractivity contribution is -0.140. The standard InChI is InChI=1S/C32H41ClN4O4S/c1-7-25(4)34-32(39)30(20-26-11-9-8-10-12-26)36(21-27-15-17-28(33)18-16-27)31(38)22-37(42(40,41)35(5)6)29-19-23(2)13-14-24(29)3/h8-19,25,30H,7,20-22H2,1-6H3,(H,34,39)/t25-,30-/m0/s1. The van der Waals surface area contributed by atoms with E-state index in [2.05, 4.69) is 5.32 Å². The molecule has 226 valence electrons.